The summed E-state index contributed by atoms with van der Waals surface area (Å²) in [5.41, 5.74) is 14.1. The molecule has 0 radical (unpaired) electrons. The van der Waals surface area contributed by atoms with Gasteiger partial charge in [-0.2, -0.15) is 0 Å². The lowest BCUT2D eigenvalue weighted by Crippen LogP contribution is -2.61. The lowest BCUT2D eigenvalue weighted by molar-refractivity contribution is -0.136. The Labute approximate surface area is 694 Å². The van der Waals surface area contributed by atoms with Gasteiger partial charge in [0.05, 0.1) is 43.6 Å². The van der Waals surface area contributed by atoms with Gasteiger partial charge in [0, 0.05) is 94.4 Å². The molecule has 1 aliphatic heterocycles. The Kier molecular flexibility index (Phi) is 44.9. The Morgan fingerprint density at radius 3 is 1.97 bits per heavy atom. The number of fused-ring (bicyclic) bond motifs is 1. The summed E-state index contributed by atoms with van der Waals surface area (Å²) in [5, 5.41) is 52.1. The molecule has 4 heterocycles. The first-order chi connectivity index (χ1) is 57.4. The highest BCUT2D eigenvalue weighted by Crippen LogP contribution is 2.21. The highest BCUT2D eigenvalue weighted by atomic mass is 32.2. The topological polar surface area (TPSA) is 577 Å². The highest BCUT2D eigenvalue weighted by Gasteiger charge is 2.36. The van der Waals surface area contributed by atoms with E-state index in [0.717, 1.165) is 55.3 Å². The molecule has 1 saturated heterocycles. The van der Waals surface area contributed by atoms with Crippen LogP contribution in [0.4, 0.5) is 0 Å². The number of nitrogens with one attached hydrogen (secondary N) is 16. The maximum absolute atomic E-state index is 14.8. The Morgan fingerprint density at radius 1 is 0.639 bits per heavy atom. The number of benzene rings is 2. The molecule has 1 fully saturated rings. The van der Waals surface area contributed by atoms with E-state index in [1.165, 1.54) is 64.4 Å². The number of Topliss-reactive ketones (excluding diaryl/α,β-unsaturated/α-hetero) is 1. The number of H-pyrrole nitrogens is 3. The van der Waals surface area contributed by atoms with E-state index in [9.17, 15) is 66.0 Å². The molecule has 3 aromatic heterocycles. The lowest BCUT2D eigenvalue weighted by Gasteiger charge is -2.28. The number of aromatic nitrogens is 7. The molecule has 0 saturated carbocycles. The predicted molar refractivity (Wildman–Crippen MR) is 443 cm³/mol. The summed E-state index contributed by atoms with van der Waals surface area (Å²) in [6.07, 6.45) is 20.2. The van der Waals surface area contributed by atoms with Crippen LogP contribution in [0.15, 0.2) is 73.3 Å². The van der Waals surface area contributed by atoms with Gasteiger partial charge in [0.2, 0.25) is 75.0 Å². The number of carbonyl (C=O) groups is 12. The summed E-state index contributed by atoms with van der Waals surface area (Å²) in [7, 11) is -3.93. The van der Waals surface area contributed by atoms with E-state index in [-0.39, 0.29) is 128 Å². The number of aryl methyl sites for hydroxylation is 1. The van der Waals surface area contributed by atoms with E-state index in [1.807, 2.05) is 31.2 Å². The minimum Gasteiger partial charge on any atom is -0.377 e. The quantitative estimate of drug-likeness (QED) is 0.0149. The molecule has 6 rings (SSSR count). The molecular formula is C80H124N22O16S. The number of nitrogens with two attached hydrogens (primary N) is 2. The van der Waals surface area contributed by atoms with Crippen molar-refractivity contribution in [3.8, 4) is 0 Å². The second-order valence-electron chi connectivity index (χ2n) is 29.8. The first-order valence-corrected chi connectivity index (χ1v) is 43.3. The molecule has 20 N–H and O–H groups in total. The van der Waals surface area contributed by atoms with Crippen molar-refractivity contribution in [3.63, 3.8) is 0 Å². The number of guanidine groups is 1. The number of ether oxygens (including phenoxy) is 2. The van der Waals surface area contributed by atoms with Crippen molar-refractivity contribution in [2.45, 2.75) is 255 Å². The van der Waals surface area contributed by atoms with Gasteiger partial charge in [0.15, 0.2) is 11.7 Å². The van der Waals surface area contributed by atoms with Crippen LogP contribution in [0.3, 0.4) is 0 Å². The molecule has 0 bridgehead atoms. The van der Waals surface area contributed by atoms with Crippen LogP contribution in [0, 0.1) is 5.41 Å². The number of tetrazole rings is 1. The monoisotopic (exact) mass is 1680 g/mol. The van der Waals surface area contributed by atoms with Gasteiger partial charge >= 0.3 is 0 Å². The number of hydrogen-bond acceptors (Lipinski definition) is 22. The Hall–Kier alpha value is -10.8. The first-order valence-electron chi connectivity index (χ1n) is 41.6. The number of unbranched alkanes of at least 4 members (excludes halogenated alkanes) is 13. The number of carbonyl (C=O) groups excluding carboxylic acids is 12. The van der Waals surface area contributed by atoms with Gasteiger partial charge in [-0.3, -0.25) is 67.7 Å². The van der Waals surface area contributed by atoms with Crippen LogP contribution < -0.4 is 74.7 Å². The standard InChI is InChI=1S/C80H124N22O16S/c1-3-4-30-61(92-78(113)66(48-57-51-84-53-89-57)90-72(107)52-118-44-43-117-42-41-86-69(104)36-26-45-119(115,116)100-71(106)35-20-15-13-11-9-7-5-6-8-10-12-14-19-34-68-98-101-102-99-68)73(108)94-63-37-38-70(105)85-39-24-23-31-59(54(2)103)91-77(112)65(47-56-50-88-60-32-22-21-29-58(56)60)96-74(109)62(33-25-40-87-80(82)83)93-76(111)64(46-55-27-17-16-18-28-55)95-79(114)67(49-81)97-75(63)110/h16-18,21-22,27-29,32,50-51,53,59,61-67,88H,3-15,19-20,23-26,30-31,33-49,52,81H2,1-2H3,(H,84,89)(H,85,105)(H,86,104)(H,90,107)(H,91,112)(H,92,113)(H,93,111)(H,94,108)(H,95,114)(H,96,109)(H,97,110)(H,100,106)(H4,82,83,87)(H,98,99,101,102)/t59-,61-,62-,63-,64+,65-,66-,67-/m0/s1. The molecule has 5 aromatic rings. The number of sulfonamides is 1. The zero-order valence-electron chi connectivity index (χ0n) is 68.5. The molecule has 2 aromatic carbocycles. The molecule has 119 heavy (non-hydrogen) atoms. The molecule has 0 aliphatic carbocycles. The molecule has 38 nitrogen and oxygen atoms in total. The van der Waals surface area contributed by atoms with E-state index in [1.54, 1.807) is 36.5 Å². The van der Waals surface area contributed by atoms with Crippen molar-refractivity contribution in [3.05, 3.63) is 96.0 Å². The molecule has 0 unspecified atom stereocenters. The fourth-order valence-electron chi connectivity index (χ4n) is 13.4. The molecule has 8 atom stereocenters. The SMILES string of the molecule is CCCC[C@H](NC(=O)[C@H](Cc1c[nH]cn1)NC(=O)COCCOCCNC(=O)CCCS(=O)(=O)NC(=O)CCCCCCCCCCCCCCCc1nnn[nH]1)C(=O)N[C@H]1CCC(=O)NCCCC[C@@H](C(C)=O)NC(=O)[C@H](Cc2c[nH]c3ccccc23)NC(=O)[C@H](CCCNC(=N)N)NC(=O)[C@@H](Cc2ccccc2)NC(=O)[C@H](CN)NC1=O. The first kappa shape index (κ1) is 97.0. The zero-order valence-corrected chi connectivity index (χ0v) is 69.3. The third kappa shape index (κ3) is 39.1. The van der Waals surface area contributed by atoms with Crippen LogP contribution in [-0.4, -0.2) is 227 Å². The van der Waals surface area contributed by atoms with Gasteiger partial charge in [-0.1, -0.05) is 139 Å². The van der Waals surface area contributed by atoms with Crippen molar-refractivity contribution >= 4 is 97.6 Å². The highest BCUT2D eigenvalue weighted by molar-refractivity contribution is 7.90. The van der Waals surface area contributed by atoms with Crippen molar-refractivity contribution in [1.82, 2.24) is 98.8 Å². The number of aromatic amines is 3. The van der Waals surface area contributed by atoms with Crippen LogP contribution in [0.5, 0.6) is 0 Å². The average molecular weight is 1680 g/mol. The van der Waals surface area contributed by atoms with Crippen LogP contribution in [-0.2, 0) is 103 Å². The predicted octanol–water partition coefficient (Wildman–Crippen LogP) is 1.47. The summed E-state index contributed by atoms with van der Waals surface area (Å²) in [6, 6.07) is 4.81. The van der Waals surface area contributed by atoms with Crippen LogP contribution in [0.2, 0.25) is 0 Å². The number of ketones is 1. The molecule has 11 amide bonds. The van der Waals surface area contributed by atoms with E-state index in [0.29, 0.717) is 48.9 Å². The van der Waals surface area contributed by atoms with Gasteiger partial charge in [-0.05, 0) is 98.8 Å². The third-order valence-corrected chi connectivity index (χ3v) is 21.4. The van der Waals surface area contributed by atoms with Crippen molar-refractivity contribution in [2.75, 3.05) is 58.4 Å². The van der Waals surface area contributed by atoms with Gasteiger partial charge in [0.1, 0.15) is 54.7 Å². The fourth-order valence-corrected chi connectivity index (χ4v) is 14.5. The maximum atomic E-state index is 14.8. The molecular weight excluding hydrogens is 1560 g/mol. The Bertz CT molecular complexity index is 4080. The minimum absolute atomic E-state index is 0.00709. The van der Waals surface area contributed by atoms with E-state index < -0.39 is 142 Å². The maximum Gasteiger partial charge on any atom is 0.246 e. The number of amides is 11. The second-order valence-corrected chi connectivity index (χ2v) is 31.7. The van der Waals surface area contributed by atoms with Gasteiger partial charge in [0.25, 0.3) is 0 Å². The largest absolute Gasteiger partial charge is 0.377 e. The lowest BCUT2D eigenvalue weighted by atomic mass is 10.0. The fraction of sp³-hybridized carbons (Fsp3) is 0.613. The van der Waals surface area contributed by atoms with Crippen molar-refractivity contribution in [2.24, 2.45) is 11.5 Å². The normalized spacial score (nSPS) is 18.1. The van der Waals surface area contributed by atoms with E-state index in [4.69, 9.17) is 26.4 Å². The Morgan fingerprint density at radius 2 is 1.29 bits per heavy atom. The van der Waals surface area contributed by atoms with Crippen LogP contribution >= 0.6 is 0 Å². The summed E-state index contributed by atoms with van der Waals surface area (Å²) in [5.74, 6) is -8.59. The molecule has 656 valence electrons. The number of para-hydroxylation sites is 1. The number of imidazole rings is 1. The van der Waals surface area contributed by atoms with E-state index in [2.05, 4.69) is 98.8 Å². The average Bonchev–Trinajstić information content (AvgIpc) is 1.69. The summed E-state index contributed by atoms with van der Waals surface area (Å²) in [6.45, 7) is 2.28. The summed E-state index contributed by atoms with van der Waals surface area (Å²) >= 11 is 0. The van der Waals surface area contributed by atoms with E-state index >= 15 is 0 Å². The molecule has 1 aliphatic rings. The summed E-state index contributed by atoms with van der Waals surface area (Å²) in [4.78, 5) is 178. The van der Waals surface area contributed by atoms with Crippen molar-refractivity contribution in [1.29, 1.82) is 5.41 Å². The van der Waals surface area contributed by atoms with Crippen LogP contribution in [0.1, 0.15) is 203 Å². The Balaban J connectivity index is 1.01. The van der Waals surface area contributed by atoms with Gasteiger partial charge in [-0.15, -0.1) is 5.10 Å². The minimum atomic E-state index is -3.93. The zero-order chi connectivity index (χ0) is 86.0. The van der Waals surface area contributed by atoms with Crippen molar-refractivity contribution < 1.29 is 75.4 Å². The molecule has 39 heteroatoms. The van der Waals surface area contributed by atoms with Gasteiger partial charge < -0.3 is 89.4 Å². The third-order valence-electron chi connectivity index (χ3n) is 20.0. The van der Waals surface area contributed by atoms with Crippen LogP contribution in [0.25, 0.3) is 10.9 Å². The number of rotatable bonds is 49. The number of nitrogens with zero attached hydrogens (tertiary/aromatic N) is 4. The number of hydrogen-bond donors (Lipinski definition) is 18. The molecule has 0 spiro atoms. The smallest absolute Gasteiger partial charge is 0.246 e. The second kappa shape index (κ2) is 55.0. The van der Waals surface area contributed by atoms with Gasteiger partial charge in [-0.25, -0.2) is 18.5 Å². The summed E-state index contributed by atoms with van der Waals surface area (Å²) < 4.78 is 38.4.